The first-order valence-corrected chi connectivity index (χ1v) is 11.9. The first-order valence-electron chi connectivity index (χ1n) is 11.5. The number of aryl methyl sites for hydroxylation is 1. The summed E-state index contributed by atoms with van der Waals surface area (Å²) in [5.74, 6) is -1.64. The highest BCUT2D eigenvalue weighted by Gasteiger charge is 2.21. The molecule has 0 aliphatic rings. The van der Waals surface area contributed by atoms with Crippen molar-refractivity contribution in [1.82, 2.24) is 14.1 Å². The van der Waals surface area contributed by atoms with Gasteiger partial charge in [0.25, 0.3) is 5.56 Å². The molecule has 5 aromatic rings. The van der Waals surface area contributed by atoms with Crippen molar-refractivity contribution in [2.24, 2.45) is 0 Å². The maximum absolute atomic E-state index is 15.8. The quantitative estimate of drug-likeness (QED) is 0.310. The number of halogens is 3. The maximum Gasteiger partial charge on any atom is 0.336 e. The zero-order chi connectivity index (χ0) is 27.8. The number of hydrogen-bond donors (Lipinski definition) is 0. The van der Waals surface area contributed by atoms with E-state index in [0.29, 0.717) is 16.7 Å². The van der Waals surface area contributed by atoms with E-state index in [1.807, 2.05) is 6.07 Å². The molecule has 10 heteroatoms. The van der Waals surface area contributed by atoms with Crippen LogP contribution in [0.2, 0.25) is 5.02 Å². The van der Waals surface area contributed by atoms with Crippen LogP contribution in [0.3, 0.4) is 0 Å². The Hall–Kier alpha value is -5.12. The lowest BCUT2D eigenvalue weighted by atomic mass is 10.0. The fraction of sp³-hybridized carbons (Fsp3) is 0.0690. The van der Waals surface area contributed by atoms with Crippen LogP contribution in [0.1, 0.15) is 22.3 Å². The Morgan fingerprint density at radius 3 is 2.46 bits per heavy atom. The molecule has 0 bridgehead atoms. The summed E-state index contributed by atoms with van der Waals surface area (Å²) < 4.78 is 31.7. The van der Waals surface area contributed by atoms with Crippen molar-refractivity contribution >= 4 is 22.5 Å². The number of nitriles is 2. The predicted molar refractivity (Wildman–Crippen MR) is 142 cm³/mol. The van der Waals surface area contributed by atoms with Gasteiger partial charge in [-0.2, -0.15) is 10.5 Å². The van der Waals surface area contributed by atoms with Crippen molar-refractivity contribution in [3.05, 3.63) is 127 Å². The Kier molecular flexibility index (Phi) is 6.53. The zero-order valence-electron chi connectivity index (χ0n) is 20.2. The smallest absolute Gasteiger partial charge is 0.288 e. The largest absolute Gasteiger partial charge is 0.336 e. The first kappa shape index (κ1) is 25.5. The van der Waals surface area contributed by atoms with Crippen molar-refractivity contribution in [1.29, 1.82) is 10.5 Å². The monoisotopic (exact) mass is 539 g/mol. The van der Waals surface area contributed by atoms with Crippen LogP contribution in [0.5, 0.6) is 0 Å². The molecule has 3 aromatic carbocycles. The number of pyridine rings is 1. The number of benzene rings is 3. The number of rotatable bonds is 4. The second-order valence-electron chi connectivity index (χ2n) is 8.81. The van der Waals surface area contributed by atoms with Crippen molar-refractivity contribution in [3.8, 4) is 29.0 Å². The van der Waals surface area contributed by atoms with Crippen LogP contribution in [0.25, 0.3) is 27.7 Å². The normalized spacial score (nSPS) is 10.8. The van der Waals surface area contributed by atoms with Crippen LogP contribution in [0, 0.1) is 41.2 Å². The van der Waals surface area contributed by atoms with E-state index in [1.165, 1.54) is 47.2 Å². The molecule has 0 saturated carbocycles. The van der Waals surface area contributed by atoms with Crippen LogP contribution in [0.4, 0.5) is 8.78 Å². The number of nitrogens with zero attached hydrogens (tertiary/aromatic N) is 5. The van der Waals surface area contributed by atoms with E-state index in [0.717, 1.165) is 16.7 Å². The summed E-state index contributed by atoms with van der Waals surface area (Å²) in [5, 5.41) is 18.4. The molecule has 2 aromatic heterocycles. The minimum atomic E-state index is -0.911. The Balaban J connectivity index is 1.87. The zero-order valence-corrected chi connectivity index (χ0v) is 21.0. The van der Waals surface area contributed by atoms with E-state index in [-0.39, 0.29) is 44.8 Å². The highest BCUT2D eigenvalue weighted by molar-refractivity contribution is 6.33. The Morgan fingerprint density at radius 1 is 0.949 bits per heavy atom. The summed E-state index contributed by atoms with van der Waals surface area (Å²) in [5.41, 5.74) is 0.0803. The molecule has 0 radical (unpaired) electrons. The molecule has 7 nitrogen and oxygen atoms in total. The molecule has 0 aliphatic carbocycles. The summed E-state index contributed by atoms with van der Waals surface area (Å²) in [6.07, 6.45) is 2.86. The Labute approximate surface area is 225 Å². The molecular weight excluding hydrogens is 524 g/mol. The van der Waals surface area contributed by atoms with Gasteiger partial charge in [0, 0.05) is 16.8 Å². The van der Waals surface area contributed by atoms with Gasteiger partial charge in [0.2, 0.25) is 0 Å². The van der Waals surface area contributed by atoms with Gasteiger partial charge in [-0.05, 0) is 72.1 Å². The molecular formula is C29H16ClF2N5O2. The standard InChI is InChI=1S/C29H16ClF2N5O2/c1-16-6-21(14-35-13-16)37-28(38)27-25(32)9-19(22-8-17(11-33)2-4-23(22)30)10-26(27)36(29(37)39)15-18-3-5-24(31)20(7-18)12-34/h2-10,13-14H,15H2,1H3. The molecule has 0 N–H and O–H groups in total. The molecule has 0 unspecified atom stereocenters. The van der Waals surface area contributed by atoms with Crippen molar-refractivity contribution in [3.63, 3.8) is 0 Å². The van der Waals surface area contributed by atoms with E-state index in [1.54, 1.807) is 25.3 Å². The number of hydrogen-bond acceptors (Lipinski definition) is 5. The summed E-state index contributed by atoms with van der Waals surface area (Å²) in [6, 6.07) is 16.1. The minimum Gasteiger partial charge on any atom is -0.288 e. The van der Waals surface area contributed by atoms with E-state index >= 15 is 4.39 Å². The van der Waals surface area contributed by atoms with Gasteiger partial charge >= 0.3 is 5.69 Å². The van der Waals surface area contributed by atoms with Crippen LogP contribution >= 0.6 is 11.6 Å². The number of aromatic nitrogens is 3. The summed E-state index contributed by atoms with van der Waals surface area (Å²) in [7, 11) is 0. The first-order chi connectivity index (χ1) is 18.7. The molecule has 0 amide bonds. The third-order valence-electron chi connectivity index (χ3n) is 6.22. The van der Waals surface area contributed by atoms with E-state index in [4.69, 9.17) is 11.6 Å². The van der Waals surface area contributed by atoms with Crippen LogP contribution < -0.4 is 11.2 Å². The van der Waals surface area contributed by atoms with Gasteiger partial charge < -0.3 is 0 Å². The minimum absolute atomic E-state index is 0.0434. The van der Waals surface area contributed by atoms with Crippen LogP contribution in [-0.4, -0.2) is 14.1 Å². The van der Waals surface area contributed by atoms with Crippen molar-refractivity contribution in [2.75, 3.05) is 0 Å². The average molecular weight is 540 g/mol. The summed E-state index contributed by atoms with van der Waals surface area (Å²) in [4.78, 5) is 31.5. The van der Waals surface area contributed by atoms with Gasteiger partial charge in [-0.1, -0.05) is 17.7 Å². The topological polar surface area (TPSA) is 104 Å². The van der Waals surface area contributed by atoms with Gasteiger partial charge in [0.1, 0.15) is 23.1 Å². The SMILES string of the molecule is Cc1cncc(-n2c(=O)c3c(F)cc(-c4cc(C#N)ccc4Cl)cc3n(Cc3ccc(F)c(C#N)c3)c2=O)c1. The maximum atomic E-state index is 15.8. The highest BCUT2D eigenvalue weighted by Crippen LogP contribution is 2.32. The summed E-state index contributed by atoms with van der Waals surface area (Å²) in [6.45, 7) is 1.52. The fourth-order valence-electron chi connectivity index (χ4n) is 4.39. The van der Waals surface area contributed by atoms with Gasteiger partial charge in [0.05, 0.1) is 41.1 Å². The van der Waals surface area contributed by atoms with Gasteiger partial charge in [-0.15, -0.1) is 0 Å². The van der Waals surface area contributed by atoms with Crippen LogP contribution in [0.15, 0.2) is 76.6 Å². The van der Waals surface area contributed by atoms with E-state index in [9.17, 15) is 24.5 Å². The van der Waals surface area contributed by atoms with Crippen LogP contribution in [-0.2, 0) is 6.54 Å². The lowest BCUT2D eigenvalue weighted by molar-refractivity contribution is 0.621. The third-order valence-corrected chi connectivity index (χ3v) is 6.55. The van der Waals surface area contributed by atoms with E-state index in [2.05, 4.69) is 4.98 Å². The van der Waals surface area contributed by atoms with Crippen molar-refractivity contribution in [2.45, 2.75) is 13.5 Å². The molecule has 190 valence electrons. The molecule has 39 heavy (non-hydrogen) atoms. The summed E-state index contributed by atoms with van der Waals surface area (Å²) >= 11 is 6.35. The average Bonchev–Trinajstić information content (AvgIpc) is 2.92. The van der Waals surface area contributed by atoms with Gasteiger partial charge in [0.15, 0.2) is 0 Å². The lowest BCUT2D eigenvalue weighted by Crippen LogP contribution is -2.39. The second-order valence-corrected chi connectivity index (χ2v) is 9.22. The Bertz CT molecular complexity index is 2020. The molecule has 0 atom stereocenters. The van der Waals surface area contributed by atoms with E-state index < -0.39 is 22.9 Å². The highest BCUT2D eigenvalue weighted by atomic mass is 35.5. The molecule has 2 heterocycles. The van der Waals surface area contributed by atoms with Gasteiger partial charge in [-0.3, -0.25) is 14.3 Å². The predicted octanol–water partition coefficient (Wildman–Crippen LogP) is 5.25. The molecule has 0 saturated heterocycles. The molecule has 0 fully saturated rings. The van der Waals surface area contributed by atoms with Crippen molar-refractivity contribution < 1.29 is 8.78 Å². The number of fused-ring (bicyclic) bond motifs is 1. The second kappa shape index (κ2) is 9.97. The lowest BCUT2D eigenvalue weighted by Gasteiger charge is -2.16. The molecule has 0 spiro atoms. The molecule has 5 rings (SSSR count). The fourth-order valence-corrected chi connectivity index (χ4v) is 4.62. The third kappa shape index (κ3) is 4.56. The Morgan fingerprint density at radius 2 is 1.74 bits per heavy atom. The van der Waals surface area contributed by atoms with Gasteiger partial charge in [-0.25, -0.2) is 18.1 Å². The molecule has 0 aliphatic heterocycles.